The summed E-state index contributed by atoms with van der Waals surface area (Å²) >= 11 is 0. The molecule has 23 heavy (non-hydrogen) atoms. The summed E-state index contributed by atoms with van der Waals surface area (Å²) in [6.45, 7) is 6.19. The third-order valence-electron chi connectivity index (χ3n) is 4.62. The molecule has 0 bridgehead atoms. The maximum Gasteiger partial charge on any atom is 0.243 e. The molecule has 1 fully saturated rings. The number of carbonyl (C=O) groups is 2. The lowest BCUT2D eigenvalue weighted by Gasteiger charge is -2.32. The van der Waals surface area contributed by atoms with Gasteiger partial charge in [0, 0.05) is 19.0 Å². The van der Waals surface area contributed by atoms with Crippen LogP contribution in [-0.2, 0) is 25.5 Å². The maximum atomic E-state index is 12.7. The zero-order valence-corrected chi connectivity index (χ0v) is 13.7. The van der Waals surface area contributed by atoms with E-state index in [0.29, 0.717) is 19.6 Å². The normalized spacial score (nSPS) is 23.4. The SMILES string of the molecule is CC(=O)N1c2ccccc2C[C@H]1C(=O)NC(C)C1(C)OCCO1. The number of carbonyl (C=O) groups excluding carboxylic acids is 2. The first-order chi connectivity index (χ1) is 10.9. The number of nitrogens with one attached hydrogen (secondary N) is 1. The highest BCUT2D eigenvalue weighted by molar-refractivity contribution is 6.02. The predicted octanol–water partition coefficient (Wildman–Crippen LogP) is 1.23. The first kappa shape index (κ1) is 16.0. The summed E-state index contributed by atoms with van der Waals surface area (Å²) in [5.41, 5.74) is 1.82. The Kier molecular flexibility index (Phi) is 4.12. The van der Waals surface area contributed by atoms with Crippen molar-refractivity contribution in [2.75, 3.05) is 18.1 Å². The van der Waals surface area contributed by atoms with Gasteiger partial charge in [-0.3, -0.25) is 14.5 Å². The van der Waals surface area contributed by atoms with Crippen LogP contribution < -0.4 is 10.2 Å². The van der Waals surface area contributed by atoms with Crippen molar-refractivity contribution in [2.45, 2.75) is 45.1 Å². The monoisotopic (exact) mass is 318 g/mol. The van der Waals surface area contributed by atoms with E-state index in [-0.39, 0.29) is 17.9 Å². The van der Waals surface area contributed by atoms with Gasteiger partial charge in [0.2, 0.25) is 11.8 Å². The Bertz CT molecular complexity index is 625. The van der Waals surface area contributed by atoms with Gasteiger partial charge < -0.3 is 14.8 Å². The highest BCUT2D eigenvalue weighted by atomic mass is 16.7. The zero-order chi connectivity index (χ0) is 16.6. The van der Waals surface area contributed by atoms with Crippen LogP contribution in [-0.4, -0.2) is 42.9 Å². The molecule has 0 aromatic heterocycles. The number of anilines is 1. The molecular weight excluding hydrogens is 296 g/mol. The van der Waals surface area contributed by atoms with Crippen LogP contribution >= 0.6 is 0 Å². The van der Waals surface area contributed by atoms with E-state index in [0.717, 1.165) is 11.3 Å². The van der Waals surface area contributed by atoms with Crippen molar-refractivity contribution >= 4 is 17.5 Å². The number of amides is 2. The molecule has 6 heteroatoms. The summed E-state index contributed by atoms with van der Waals surface area (Å²) < 4.78 is 11.2. The minimum absolute atomic E-state index is 0.137. The van der Waals surface area contributed by atoms with Crippen LogP contribution in [0.3, 0.4) is 0 Å². The van der Waals surface area contributed by atoms with Crippen molar-refractivity contribution in [3.05, 3.63) is 29.8 Å². The Morgan fingerprint density at radius 2 is 1.96 bits per heavy atom. The highest BCUT2D eigenvalue weighted by Crippen LogP contribution is 2.32. The molecular formula is C17H22N2O4. The molecule has 1 saturated heterocycles. The molecule has 0 saturated carbocycles. The van der Waals surface area contributed by atoms with Crippen molar-refractivity contribution < 1.29 is 19.1 Å². The lowest BCUT2D eigenvalue weighted by atomic mass is 10.1. The molecule has 3 rings (SSSR count). The van der Waals surface area contributed by atoms with Crippen LogP contribution in [0.5, 0.6) is 0 Å². The Labute approximate surface area is 135 Å². The number of hydrogen-bond donors (Lipinski definition) is 1. The Balaban J connectivity index is 1.76. The van der Waals surface area contributed by atoms with Crippen molar-refractivity contribution in [1.82, 2.24) is 5.32 Å². The minimum Gasteiger partial charge on any atom is -0.346 e. The predicted molar refractivity (Wildman–Crippen MR) is 85.0 cm³/mol. The second kappa shape index (κ2) is 5.94. The molecule has 1 N–H and O–H groups in total. The number of hydrogen-bond acceptors (Lipinski definition) is 4. The first-order valence-corrected chi connectivity index (χ1v) is 7.88. The number of fused-ring (bicyclic) bond motifs is 1. The van der Waals surface area contributed by atoms with E-state index in [2.05, 4.69) is 5.32 Å². The van der Waals surface area contributed by atoms with Gasteiger partial charge in [0.05, 0.1) is 19.3 Å². The van der Waals surface area contributed by atoms with E-state index >= 15 is 0 Å². The molecule has 6 nitrogen and oxygen atoms in total. The summed E-state index contributed by atoms with van der Waals surface area (Å²) in [4.78, 5) is 26.3. The number of benzene rings is 1. The maximum absolute atomic E-state index is 12.7. The second-order valence-corrected chi connectivity index (χ2v) is 6.18. The van der Waals surface area contributed by atoms with Gasteiger partial charge in [0.1, 0.15) is 6.04 Å². The molecule has 0 spiro atoms. The molecule has 2 heterocycles. The fourth-order valence-electron chi connectivity index (χ4n) is 3.21. The summed E-state index contributed by atoms with van der Waals surface area (Å²) in [6.07, 6.45) is 0.521. The Morgan fingerprint density at radius 3 is 2.61 bits per heavy atom. The third kappa shape index (κ3) is 2.84. The molecule has 1 aromatic carbocycles. The molecule has 1 aromatic rings. The lowest BCUT2D eigenvalue weighted by molar-refractivity contribution is -0.165. The average Bonchev–Trinajstić information content (AvgIpc) is 3.11. The van der Waals surface area contributed by atoms with E-state index in [9.17, 15) is 9.59 Å². The first-order valence-electron chi connectivity index (χ1n) is 7.88. The van der Waals surface area contributed by atoms with Gasteiger partial charge in [-0.15, -0.1) is 0 Å². The van der Waals surface area contributed by atoms with Gasteiger partial charge in [-0.1, -0.05) is 18.2 Å². The third-order valence-corrected chi connectivity index (χ3v) is 4.62. The van der Waals surface area contributed by atoms with Gasteiger partial charge in [-0.2, -0.15) is 0 Å². The Morgan fingerprint density at radius 1 is 1.30 bits per heavy atom. The van der Waals surface area contributed by atoms with E-state index in [4.69, 9.17) is 9.47 Å². The molecule has 124 valence electrons. The zero-order valence-electron chi connectivity index (χ0n) is 13.7. The number of para-hydroxylation sites is 1. The quantitative estimate of drug-likeness (QED) is 0.910. The fourth-order valence-corrected chi connectivity index (χ4v) is 3.21. The van der Waals surface area contributed by atoms with Gasteiger partial charge in [-0.05, 0) is 25.5 Å². The van der Waals surface area contributed by atoms with Crippen molar-refractivity contribution in [3.8, 4) is 0 Å². The van der Waals surface area contributed by atoms with Crippen LogP contribution in [0.25, 0.3) is 0 Å². The van der Waals surface area contributed by atoms with Crippen molar-refractivity contribution in [3.63, 3.8) is 0 Å². The molecule has 1 unspecified atom stereocenters. The largest absolute Gasteiger partial charge is 0.346 e. The second-order valence-electron chi connectivity index (χ2n) is 6.18. The topological polar surface area (TPSA) is 67.9 Å². The number of nitrogens with zero attached hydrogens (tertiary/aromatic N) is 1. The molecule has 0 radical (unpaired) electrons. The summed E-state index contributed by atoms with van der Waals surface area (Å²) in [7, 11) is 0. The summed E-state index contributed by atoms with van der Waals surface area (Å²) in [5.74, 6) is -1.14. The van der Waals surface area contributed by atoms with Gasteiger partial charge in [-0.25, -0.2) is 0 Å². The van der Waals surface area contributed by atoms with E-state index in [1.807, 2.05) is 38.1 Å². The number of rotatable bonds is 3. The lowest BCUT2D eigenvalue weighted by Crippen LogP contribution is -2.55. The minimum atomic E-state index is -0.817. The average molecular weight is 318 g/mol. The fraction of sp³-hybridized carbons (Fsp3) is 0.529. The smallest absolute Gasteiger partial charge is 0.243 e. The van der Waals surface area contributed by atoms with Crippen LogP contribution in [0, 0.1) is 0 Å². The van der Waals surface area contributed by atoms with Gasteiger partial charge in [0.25, 0.3) is 0 Å². The molecule has 2 aliphatic heterocycles. The number of ether oxygens (including phenoxy) is 2. The standard InChI is InChI=1S/C17H22N2O4/c1-11(17(3)22-8-9-23-17)18-16(21)15-10-13-6-4-5-7-14(13)19(15)12(2)20/h4-7,11,15H,8-10H2,1-3H3,(H,18,21)/t11?,15-/m0/s1. The van der Waals surface area contributed by atoms with Crippen LogP contribution in [0.2, 0.25) is 0 Å². The van der Waals surface area contributed by atoms with Crippen LogP contribution in [0.1, 0.15) is 26.3 Å². The highest BCUT2D eigenvalue weighted by Gasteiger charge is 2.42. The molecule has 2 amide bonds. The van der Waals surface area contributed by atoms with Gasteiger partial charge in [0.15, 0.2) is 5.79 Å². The van der Waals surface area contributed by atoms with E-state index < -0.39 is 11.8 Å². The van der Waals surface area contributed by atoms with Gasteiger partial charge >= 0.3 is 0 Å². The molecule has 2 aliphatic rings. The van der Waals surface area contributed by atoms with Crippen LogP contribution in [0.15, 0.2) is 24.3 Å². The van der Waals surface area contributed by atoms with E-state index in [1.54, 1.807) is 4.90 Å². The summed E-state index contributed by atoms with van der Waals surface area (Å²) in [6, 6.07) is 6.78. The molecule has 0 aliphatic carbocycles. The Hall–Kier alpha value is -1.92. The molecule has 2 atom stereocenters. The van der Waals surface area contributed by atoms with E-state index in [1.165, 1.54) is 6.92 Å². The van der Waals surface area contributed by atoms with Crippen molar-refractivity contribution in [1.29, 1.82) is 0 Å². The van der Waals surface area contributed by atoms with Crippen LogP contribution in [0.4, 0.5) is 5.69 Å². The van der Waals surface area contributed by atoms with Crippen molar-refractivity contribution in [2.24, 2.45) is 0 Å². The summed E-state index contributed by atoms with van der Waals surface area (Å²) in [5, 5.41) is 2.94.